The van der Waals surface area contributed by atoms with Gasteiger partial charge in [-0.15, -0.1) is 0 Å². The van der Waals surface area contributed by atoms with Crippen molar-refractivity contribution in [3.05, 3.63) is 0 Å². The quantitative estimate of drug-likeness (QED) is 0.197. The van der Waals surface area contributed by atoms with Gasteiger partial charge in [-0.25, -0.2) is 0 Å². The first kappa shape index (κ1) is 25.1. The molecule has 0 rings (SSSR count). The van der Waals surface area contributed by atoms with Crippen LogP contribution in [0.4, 0.5) is 0 Å². The minimum absolute atomic E-state index is 0.768. The highest BCUT2D eigenvalue weighted by atomic mass is 28.4. The summed E-state index contributed by atoms with van der Waals surface area (Å²) in [4.78, 5) is 0. The van der Waals surface area contributed by atoms with Gasteiger partial charge in [0.2, 0.25) is 0 Å². The van der Waals surface area contributed by atoms with Crippen LogP contribution in [0, 0.1) is 17.8 Å². The average molecular weight is 373 g/mol. The van der Waals surface area contributed by atoms with Gasteiger partial charge in [-0.05, 0) is 42.8 Å². The number of ether oxygens (including phenoxy) is 1. The zero-order chi connectivity index (χ0) is 19.1. The molecule has 2 nitrogen and oxygen atoms in total. The summed E-state index contributed by atoms with van der Waals surface area (Å²) in [5.41, 5.74) is 0. The zero-order valence-corrected chi connectivity index (χ0v) is 19.5. The first-order chi connectivity index (χ1) is 11.8. The molecule has 0 amide bonds. The molecule has 0 aliphatic heterocycles. The third-order valence-corrected chi connectivity index (χ3v) is 9.69. The van der Waals surface area contributed by atoms with Gasteiger partial charge < -0.3 is 9.16 Å². The van der Waals surface area contributed by atoms with Crippen LogP contribution in [0.2, 0.25) is 18.1 Å². The minimum Gasteiger partial charge on any atom is -0.414 e. The average Bonchev–Trinajstić information content (AvgIpc) is 2.50. The molecule has 0 spiro atoms. The Kier molecular flexibility index (Phi) is 15.3. The van der Waals surface area contributed by atoms with Crippen LogP contribution in [0.1, 0.15) is 87.0 Å². The third kappa shape index (κ3) is 14.9. The minimum atomic E-state index is -1.63. The van der Waals surface area contributed by atoms with Gasteiger partial charge in [-0.3, -0.25) is 0 Å². The number of rotatable bonds is 17. The summed E-state index contributed by atoms with van der Waals surface area (Å²) in [5.74, 6) is 2.42. The highest BCUT2D eigenvalue weighted by Crippen LogP contribution is 2.31. The number of hydrogen-bond donors (Lipinski definition) is 0. The maximum absolute atomic E-state index is 6.69. The van der Waals surface area contributed by atoms with Gasteiger partial charge in [0.05, 0.1) is 13.2 Å². The fourth-order valence-electron chi connectivity index (χ4n) is 3.55. The third-order valence-electron chi connectivity index (χ3n) is 5.08. The molecule has 0 aromatic carbocycles. The largest absolute Gasteiger partial charge is 0.414 e. The molecule has 0 N–H and O–H groups in total. The number of hydrogen-bond acceptors (Lipinski definition) is 2. The Morgan fingerprint density at radius 3 is 1.36 bits per heavy atom. The van der Waals surface area contributed by atoms with Crippen molar-refractivity contribution in [1.82, 2.24) is 0 Å². The van der Waals surface area contributed by atoms with Crippen LogP contribution in [-0.4, -0.2) is 28.1 Å². The lowest BCUT2D eigenvalue weighted by molar-refractivity contribution is 0.105. The Labute approximate surface area is 160 Å². The van der Waals surface area contributed by atoms with Crippen molar-refractivity contribution in [1.29, 1.82) is 0 Å². The molecule has 0 atom stereocenters. The summed E-state index contributed by atoms with van der Waals surface area (Å²) >= 11 is 0. The summed E-state index contributed by atoms with van der Waals surface area (Å²) < 4.78 is 12.2. The molecule has 0 heterocycles. The molecule has 0 radical (unpaired) electrons. The Hall–Kier alpha value is 0.137. The fourth-order valence-corrected chi connectivity index (χ4v) is 7.80. The SMILES string of the molecule is CCOCCO[Si](CCCC(C)C)(CCCC(C)C)CCCC(C)C. The van der Waals surface area contributed by atoms with Crippen LogP contribution in [0.3, 0.4) is 0 Å². The molecular formula is C22H48O2Si. The Morgan fingerprint density at radius 2 is 1.04 bits per heavy atom. The maximum atomic E-state index is 6.69. The van der Waals surface area contributed by atoms with E-state index in [0.717, 1.165) is 37.6 Å². The van der Waals surface area contributed by atoms with Gasteiger partial charge in [-0.1, -0.05) is 80.1 Å². The van der Waals surface area contributed by atoms with Crippen LogP contribution in [0.5, 0.6) is 0 Å². The van der Waals surface area contributed by atoms with Crippen LogP contribution < -0.4 is 0 Å². The van der Waals surface area contributed by atoms with Crippen molar-refractivity contribution in [2.45, 2.75) is 105 Å². The second kappa shape index (κ2) is 15.2. The summed E-state index contributed by atoms with van der Waals surface area (Å²) in [5, 5.41) is 0. The van der Waals surface area contributed by atoms with E-state index in [9.17, 15) is 0 Å². The van der Waals surface area contributed by atoms with Gasteiger partial charge in [0.15, 0.2) is 8.32 Å². The van der Waals surface area contributed by atoms with E-state index in [2.05, 4.69) is 48.5 Å². The molecule has 0 aliphatic rings. The second-order valence-corrected chi connectivity index (χ2v) is 13.2. The molecular weight excluding hydrogens is 324 g/mol. The van der Waals surface area contributed by atoms with E-state index in [-0.39, 0.29) is 0 Å². The first-order valence-electron chi connectivity index (χ1n) is 11.0. The lowest BCUT2D eigenvalue weighted by Crippen LogP contribution is -2.39. The van der Waals surface area contributed by atoms with E-state index in [1.165, 1.54) is 56.7 Å². The molecule has 3 heteroatoms. The van der Waals surface area contributed by atoms with Gasteiger partial charge in [0, 0.05) is 6.61 Å². The fraction of sp³-hybridized carbons (Fsp3) is 1.00. The van der Waals surface area contributed by atoms with Gasteiger partial charge >= 0.3 is 0 Å². The second-order valence-electron chi connectivity index (χ2n) is 9.09. The highest BCUT2D eigenvalue weighted by Gasteiger charge is 2.33. The van der Waals surface area contributed by atoms with Crippen LogP contribution in [0.25, 0.3) is 0 Å². The Bertz CT molecular complexity index is 254. The first-order valence-corrected chi connectivity index (χ1v) is 13.6. The molecule has 0 saturated carbocycles. The summed E-state index contributed by atoms with van der Waals surface area (Å²) in [6.45, 7) is 18.5. The molecule has 0 aromatic rings. The van der Waals surface area contributed by atoms with E-state index in [0.29, 0.717) is 0 Å². The predicted octanol–water partition coefficient (Wildman–Crippen LogP) is 7.29. The van der Waals surface area contributed by atoms with Crippen molar-refractivity contribution in [3.8, 4) is 0 Å². The molecule has 0 saturated heterocycles. The van der Waals surface area contributed by atoms with Crippen LogP contribution in [0.15, 0.2) is 0 Å². The van der Waals surface area contributed by atoms with Crippen molar-refractivity contribution in [2.24, 2.45) is 17.8 Å². The molecule has 152 valence electrons. The van der Waals surface area contributed by atoms with Crippen molar-refractivity contribution >= 4 is 8.32 Å². The lowest BCUT2D eigenvalue weighted by Gasteiger charge is -2.33. The van der Waals surface area contributed by atoms with E-state index in [1.54, 1.807) is 0 Å². The van der Waals surface area contributed by atoms with E-state index in [1.807, 2.05) is 0 Å². The molecule has 0 aromatic heterocycles. The maximum Gasteiger partial charge on any atom is 0.192 e. The Morgan fingerprint density at radius 1 is 0.640 bits per heavy atom. The molecule has 0 fully saturated rings. The highest BCUT2D eigenvalue weighted by molar-refractivity contribution is 6.73. The molecule has 0 bridgehead atoms. The lowest BCUT2D eigenvalue weighted by atomic mass is 10.1. The van der Waals surface area contributed by atoms with E-state index >= 15 is 0 Å². The molecule has 25 heavy (non-hydrogen) atoms. The van der Waals surface area contributed by atoms with Crippen LogP contribution >= 0.6 is 0 Å². The molecule has 0 unspecified atom stereocenters. The zero-order valence-electron chi connectivity index (χ0n) is 18.5. The normalized spacial score (nSPS) is 12.7. The van der Waals surface area contributed by atoms with E-state index in [4.69, 9.17) is 9.16 Å². The Balaban J connectivity index is 4.79. The van der Waals surface area contributed by atoms with Crippen molar-refractivity contribution in [3.63, 3.8) is 0 Å². The van der Waals surface area contributed by atoms with Gasteiger partial charge in [-0.2, -0.15) is 0 Å². The van der Waals surface area contributed by atoms with Crippen LogP contribution in [-0.2, 0) is 9.16 Å². The monoisotopic (exact) mass is 372 g/mol. The standard InChI is InChI=1S/C22H48O2Si/c1-8-23-15-16-24-25(17-9-12-20(2)3,18-10-13-21(4)5)19-11-14-22(6)7/h20-22H,8-19H2,1-7H3. The summed E-state index contributed by atoms with van der Waals surface area (Å²) in [7, 11) is -1.63. The van der Waals surface area contributed by atoms with Gasteiger partial charge in [0.1, 0.15) is 0 Å². The van der Waals surface area contributed by atoms with Gasteiger partial charge in [0.25, 0.3) is 0 Å². The van der Waals surface area contributed by atoms with E-state index < -0.39 is 8.32 Å². The smallest absolute Gasteiger partial charge is 0.192 e. The molecule has 0 aliphatic carbocycles. The predicted molar refractivity (Wildman–Crippen MR) is 115 cm³/mol. The van der Waals surface area contributed by atoms with Crippen molar-refractivity contribution in [2.75, 3.05) is 19.8 Å². The summed E-state index contributed by atoms with van der Waals surface area (Å²) in [6, 6.07) is 4.06. The topological polar surface area (TPSA) is 18.5 Å². The van der Waals surface area contributed by atoms with Crippen molar-refractivity contribution < 1.29 is 9.16 Å². The summed E-state index contributed by atoms with van der Waals surface area (Å²) in [6.07, 6.45) is 8.08.